The molecular weight excluding hydrogens is 372 g/mol. The summed E-state index contributed by atoms with van der Waals surface area (Å²) in [5.41, 5.74) is 9.88. The SMILES string of the molecule is Cc1c(-c2ccc(C3CCCCC3)cc2)cccc1-c1ccc(C2CCCCC2)cc1. The Morgan fingerprint density at radius 1 is 0.484 bits per heavy atom. The lowest BCUT2D eigenvalue weighted by Crippen LogP contribution is -2.04. The minimum absolute atomic E-state index is 0.776. The molecule has 0 heterocycles. The molecule has 0 amide bonds. The van der Waals surface area contributed by atoms with Gasteiger partial charge in [0.05, 0.1) is 0 Å². The second-order valence-corrected chi connectivity index (χ2v) is 9.89. The van der Waals surface area contributed by atoms with Gasteiger partial charge in [0, 0.05) is 0 Å². The van der Waals surface area contributed by atoms with E-state index in [1.165, 1.54) is 103 Å². The van der Waals surface area contributed by atoms with Crippen molar-refractivity contribution in [3.05, 3.63) is 83.4 Å². The largest absolute Gasteiger partial charge is 0.0610 e. The molecule has 2 aliphatic rings. The highest BCUT2D eigenvalue weighted by Crippen LogP contribution is 2.37. The van der Waals surface area contributed by atoms with E-state index in [2.05, 4.69) is 73.7 Å². The van der Waals surface area contributed by atoms with Crippen molar-refractivity contribution in [3.8, 4) is 22.3 Å². The summed E-state index contributed by atoms with van der Waals surface area (Å²) in [6, 6.07) is 25.7. The topological polar surface area (TPSA) is 0 Å². The molecule has 0 aliphatic heterocycles. The monoisotopic (exact) mass is 408 g/mol. The molecule has 3 aromatic rings. The highest BCUT2D eigenvalue weighted by atomic mass is 14.2. The fraction of sp³-hybridized carbons (Fsp3) is 0.419. The summed E-state index contributed by atoms with van der Waals surface area (Å²) in [4.78, 5) is 0. The van der Waals surface area contributed by atoms with E-state index in [4.69, 9.17) is 0 Å². The Morgan fingerprint density at radius 3 is 1.26 bits per heavy atom. The van der Waals surface area contributed by atoms with Crippen molar-refractivity contribution in [2.75, 3.05) is 0 Å². The van der Waals surface area contributed by atoms with Gasteiger partial charge in [0.15, 0.2) is 0 Å². The van der Waals surface area contributed by atoms with Gasteiger partial charge in [-0.3, -0.25) is 0 Å². The van der Waals surface area contributed by atoms with E-state index in [1.807, 2.05) is 0 Å². The summed E-state index contributed by atoms with van der Waals surface area (Å²) in [5.74, 6) is 1.55. The third-order valence-corrected chi connectivity index (χ3v) is 7.93. The van der Waals surface area contributed by atoms with Gasteiger partial charge >= 0.3 is 0 Å². The van der Waals surface area contributed by atoms with Gasteiger partial charge in [0.25, 0.3) is 0 Å². The standard InChI is InChI=1S/C31H36/c1-23-30(28-19-15-26(16-20-28)24-9-4-2-5-10-24)13-8-14-31(23)29-21-17-27(18-22-29)25-11-6-3-7-12-25/h8,13-22,24-25H,2-7,9-12H2,1H3. The van der Waals surface area contributed by atoms with E-state index in [-0.39, 0.29) is 0 Å². The molecular formula is C31H36. The lowest BCUT2D eigenvalue weighted by Gasteiger charge is -2.22. The molecule has 2 fully saturated rings. The Kier molecular flexibility index (Phi) is 6.25. The van der Waals surface area contributed by atoms with Crippen LogP contribution in [0, 0.1) is 6.92 Å². The molecule has 0 heteroatoms. The predicted octanol–water partition coefficient (Wildman–Crippen LogP) is 9.42. The van der Waals surface area contributed by atoms with Gasteiger partial charge in [0.2, 0.25) is 0 Å². The van der Waals surface area contributed by atoms with Crippen molar-refractivity contribution < 1.29 is 0 Å². The van der Waals surface area contributed by atoms with Crippen LogP contribution in [-0.4, -0.2) is 0 Å². The number of hydrogen-bond donors (Lipinski definition) is 0. The molecule has 2 saturated carbocycles. The van der Waals surface area contributed by atoms with Crippen molar-refractivity contribution in [1.29, 1.82) is 0 Å². The molecule has 0 aromatic heterocycles. The van der Waals surface area contributed by atoms with Gasteiger partial charge in [0.1, 0.15) is 0 Å². The highest BCUT2D eigenvalue weighted by Gasteiger charge is 2.17. The van der Waals surface area contributed by atoms with Crippen molar-refractivity contribution in [1.82, 2.24) is 0 Å². The molecule has 160 valence electrons. The summed E-state index contributed by atoms with van der Waals surface area (Å²) in [6.07, 6.45) is 13.9. The summed E-state index contributed by atoms with van der Waals surface area (Å²) in [5, 5.41) is 0. The van der Waals surface area contributed by atoms with Crippen LogP contribution in [0.25, 0.3) is 22.3 Å². The molecule has 0 saturated heterocycles. The lowest BCUT2D eigenvalue weighted by atomic mass is 9.83. The van der Waals surface area contributed by atoms with Gasteiger partial charge < -0.3 is 0 Å². The maximum absolute atomic E-state index is 2.39. The number of hydrogen-bond acceptors (Lipinski definition) is 0. The van der Waals surface area contributed by atoms with Gasteiger partial charge in [-0.2, -0.15) is 0 Å². The zero-order valence-corrected chi connectivity index (χ0v) is 19.1. The minimum Gasteiger partial charge on any atom is -0.0610 e. The van der Waals surface area contributed by atoms with Gasteiger partial charge in [-0.1, -0.05) is 105 Å². The average Bonchev–Trinajstić information content (AvgIpc) is 2.86. The molecule has 3 aromatic carbocycles. The Labute approximate surface area is 188 Å². The van der Waals surface area contributed by atoms with Crippen molar-refractivity contribution in [2.24, 2.45) is 0 Å². The fourth-order valence-corrected chi connectivity index (χ4v) is 6.00. The Hall–Kier alpha value is -2.34. The predicted molar refractivity (Wildman–Crippen MR) is 134 cm³/mol. The zero-order chi connectivity index (χ0) is 21.0. The number of rotatable bonds is 4. The maximum atomic E-state index is 2.39. The molecule has 0 spiro atoms. The third-order valence-electron chi connectivity index (χ3n) is 7.93. The van der Waals surface area contributed by atoms with E-state index in [9.17, 15) is 0 Å². The molecule has 0 radical (unpaired) electrons. The minimum atomic E-state index is 0.776. The average molecular weight is 409 g/mol. The molecule has 0 N–H and O–H groups in total. The molecule has 0 atom stereocenters. The van der Waals surface area contributed by atoms with Crippen LogP contribution in [0.1, 0.15) is 92.7 Å². The van der Waals surface area contributed by atoms with Crippen LogP contribution in [-0.2, 0) is 0 Å². The normalized spacial score (nSPS) is 18.2. The first-order valence-corrected chi connectivity index (χ1v) is 12.6. The lowest BCUT2D eigenvalue weighted by molar-refractivity contribution is 0.443. The smallest absolute Gasteiger partial charge is 0.0149 e. The Bertz CT molecular complexity index is 901. The Balaban J connectivity index is 1.38. The summed E-state index contributed by atoms with van der Waals surface area (Å²) >= 11 is 0. The van der Waals surface area contributed by atoms with E-state index in [1.54, 1.807) is 0 Å². The molecule has 31 heavy (non-hydrogen) atoms. The second-order valence-electron chi connectivity index (χ2n) is 9.89. The summed E-state index contributed by atoms with van der Waals surface area (Å²) < 4.78 is 0. The fourth-order valence-electron chi connectivity index (χ4n) is 6.00. The number of benzene rings is 3. The van der Waals surface area contributed by atoms with Crippen LogP contribution in [0.2, 0.25) is 0 Å². The van der Waals surface area contributed by atoms with Crippen molar-refractivity contribution >= 4 is 0 Å². The van der Waals surface area contributed by atoms with Crippen LogP contribution in [0.15, 0.2) is 66.7 Å². The summed E-state index contributed by atoms with van der Waals surface area (Å²) in [6.45, 7) is 2.29. The molecule has 5 rings (SSSR count). The highest BCUT2D eigenvalue weighted by molar-refractivity contribution is 5.78. The van der Waals surface area contributed by atoms with Crippen LogP contribution in [0.5, 0.6) is 0 Å². The Morgan fingerprint density at radius 2 is 0.871 bits per heavy atom. The zero-order valence-electron chi connectivity index (χ0n) is 19.1. The van der Waals surface area contributed by atoms with E-state index >= 15 is 0 Å². The first kappa shape index (κ1) is 20.6. The first-order chi connectivity index (χ1) is 15.3. The van der Waals surface area contributed by atoms with Crippen molar-refractivity contribution in [2.45, 2.75) is 83.0 Å². The van der Waals surface area contributed by atoms with Gasteiger partial charge in [-0.25, -0.2) is 0 Å². The van der Waals surface area contributed by atoms with Crippen LogP contribution in [0.3, 0.4) is 0 Å². The van der Waals surface area contributed by atoms with Crippen LogP contribution < -0.4 is 0 Å². The third kappa shape index (κ3) is 4.49. The van der Waals surface area contributed by atoms with Gasteiger partial charge in [-0.05, 0) is 83.4 Å². The van der Waals surface area contributed by atoms with Crippen molar-refractivity contribution in [3.63, 3.8) is 0 Å². The molecule has 0 unspecified atom stereocenters. The van der Waals surface area contributed by atoms with Gasteiger partial charge in [-0.15, -0.1) is 0 Å². The van der Waals surface area contributed by atoms with E-state index < -0.39 is 0 Å². The van der Waals surface area contributed by atoms with Crippen LogP contribution in [0.4, 0.5) is 0 Å². The quantitative estimate of drug-likeness (QED) is 0.403. The molecule has 0 bridgehead atoms. The van der Waals surface area contributed by atoms with E-state index in [0.717, 1.165) is 11.8 Å². The first-order valence-electron chi connectivity index (χ1n) is 12.6. The molecule has 0 nitrogen and oxygen atoms in total. The summed E-state index contributed by atoms with van der Waals surface area (Å²) in [7, 11) is 0. The second kappa shape index (κ2) is 9.43. The molecule has 2 aliphatic carbocycles. The van der Waals surface area contributed by atoms with Crippen LogP contribution >= 0.6 is 0 Å². The maximum Gasteiger partial charge on any atom is -0.0149 e. The van der Waals surface area contributed by atoms with E-state index in [0.29, 0.717) is 0 Å².